The summed E-state index contributed by atoms with van der Waals surface area (Å²) in [6, 6.07) is 0. The summed E-state index contributed by atoms with van der Waals surface area (Å²) in [5.41, 5.74) is -0.0830. The van der Waals surface area contributed by atoms with Gasteiger partial charge in [-0.2, -0.15) is 0 Å². The molecule has 0 atom stereocenters. The molecule has 0 heterocycles. The minimum absolute atomic E-state index is 0.0444. The largest absolute Gasteiger partial charge is 0.486 e. The first-order valence-corrected chi connectivity index (χ1v) is 7.22. The molecule has 0 saturated heterocycles. The molecule has 2 aromatic rings. The molecule has 0 saturated carbocycles. The Hall–Kier alpha value is -2.24. The number of anilines is 1. The second kappa shape index (κ2) is 7.15. The highest BCUT2D eigenvalue weighted by atomic mass is 16.5. The molecule has 2 rings (SSSR count). The van der Waals surface area contributed by atoms with Crippen LogP contribution in [0.3, 0.4) is 0 Å². The van der Waals surface area contributed by atoms with Crippen LogP contribution in [0.1, 0.15) is 38.3 Å². The maximum Gasteiger partial charge on any atom is 0.268 e. The van der Waals surface area contributed by atoms with Crippen LogP contribution in [-0.4, -0.2) is 12.6 Å². The van der Waals surface area contributed by atoms with Gasteiger partial charge in [-0.15, -0.1) is 0 Å². The summed E-state index contributed by atoms with van der Waals surface area (Å²) in [7, 11) is 0. The first kappa shape index (κ1) is 17.8. The lowest BCUT2D eigenvalue weighted by Crippen LogP contribution is -2.37. The van der Waals surface area contributed by atoms with Gasteiger partial charge in [-0.3, -0.25) is 19.2 Å². The standard InChI is InChI=1S/C8H11NO2.C8H10O3/c1-3-4-9-6-5(2)7(10)8(6)11;1-4(2)11-8-5(3)6(9)7(8)10/h9H,3-4H2,1-2H3;4H,1-3H3. The summed E-state index contributed by atoms with van der Waals surface area (Å²) >= 11 is 0. The van der Waals surface area contributed by atoms with Crippen LogP contribution in [0.15, 0.2) is 19.2 Å². The molecular weight excluding hydrogens is 286 g/mol. The normalized spacial score (nSPS) is 10.6. The van der Waals surface area contributed by atoms with Crippen molar-refractivity contribution in [3.8, 4) is 5.75 Å². The molecule has 6 nitrogen and oxygen atoms in total. The van der Waals surface area contributed by atoms with Crippen molar-refractivity contribution >= 4 is 5.69 Å². The summed E-state index contributed by atoms with van der Waals surface area (Å²) in [5.74, 6) is 0.241. The van der Waals surface area contributed by atoms with Gasteiger partial charge in [0.15, 0.2) is 5.75 Å². The van der Waals surface area contributed by atoms with Gasteiger partial charge in [0, 0.05) is 17.7 Å². The molecule has 120 valence electrons. The quantitative estimate of drug-likeness (QED) is 0.822. The molecule has 0 unspecified atom stereocenters. The van der Waals surface area contributed by atoms with Crippen LogP contribution in [0, 0.1) is 13.8 Å². The monoisotopic (exact) mass is 307 g/mol. The molecule has 0 aliphatic carbocycles. The topological polar surface area (TPSA) is 89.5 Å². The third-order valence-electron chi connectivity index (χ3n) is 3.15. The van der Waals surface area contributed by atoms with Gasteiger partial charge in [0.1, 0.15) is 0 Å². The second-order valence-electron chi connectivity index (χ2n) is 5.36. The number of ether oxygens (including phenoxy) is 1. The molecule has 0 aliphatic rings. The van der Waals surface area contributed by atoms with Gasteiger partial charge in [-0.25, -0.2) is 0 Å². The highest BCUT2D eigenvalue weighted by molar-refractivity contribution is 5.55. The van der Waals surface area contributed by atoms with Crippen molar-refractivity contribution in [1.82, 2.24) is 0 Å². The van der Waals surface area contributed by atoms with E-state index in [2.05, 4.69) is 5.32 Å². The highest BCUT2D eigenvalue weighted by Crippen LogP contribution is 2.10. The Bertz CT molecular complexity index is 787. The Morgan fingerprint density at radius 1 is 0.909 bits per heavy atom. The molecule has 0 spiro atoms. The molecule has 22 heavy (non-hydrogen) atoms. The molecule has 0 bridgehead atoms. The zero-order valence-corrected chi connectivity index (χ0v) is 13.5. The van der Waals surface area contributed by atoms with Crippen molar-refractivity contribution in [2.24, 2.45) is 0 Å². The molecule has 0 amide bonds. The summed E-state index contributed by atoms with van der Waals surface area (Å²) < 4.78 is 5.09. The highest BCUT2D eigenvalue weighted by Gasteiger charge is 2.18. The Balaban J connectivity index is 0.000000220. The van der Waals surface area contributed by atoms with Crippen molar-refractivity contribution < 1.29 is 4.74 Å². The van der Waals surface area contributed by atoms with E-state index in [1.807, 2.05) is 20.8 Å². The van der Waals surface area contributed by atoms with Gasteiger partial charge < -0.3 is 10.1 Å². The predicted molar refractivity (Wildman–Crippen MR) is 86.7 cm³/mol. The fourth-order valence-electron chi connectivity index (χ4n) is 1.83. The Morgan fingerprint density at radius 3 is 1.86 bits per heavy atom. The van der Waals surface area contributed by atoms with E-state index in [4.69, 9.17) is 4.74 Å². The van der Waals surface area contributed by atoms with Crippen molar-refractivity contribution in [3.63, 3.8) is 0 Å². The lowest BCUT2D eigenvalue weighted by atomic mass is 10.1. The maximum atomic E-state index is 10.8. The minimum Gasteiger partial charge on any atom is -0.486 e. The van der Waals surface area contributed by atoms with E-state index >= 15 is 0 Å². The van der Waals surface area contributed by atoms with Gasteiger partial charge in [0.05, 0.1) is 11.8 Å². The SMILES string of the molecule is CCCNc1c(C)c(=O)c1=O.Cc1c(OC(C)C)c(=O)c1=O. The molecule has 2 aromatic carbocycles. The van der Waals surface area contributed by atoms with Crippen LogP contribution in [0.5, 0.6) is 5.75 Å². The van der Waals surface area contributed by atoms with Crippen molar-refractivity contribution in [1.29, 1.82) is 0 Å². The molecule has 0 radical (unpaired) electrons. The van der Waals surface area contributed by atoms with Crippen LogP contribution in [0.4, 0.5) is 5.69 Å². The number of hydrogen-bond acceptors (Lipinski definition) is 6. The van der Waals surface area contributed by atoms with Crippen LogP contribution in [0.25, 0.3) is 0 Å². The van der Waals surface area contributed by atoms with E-state index in [1.54, 1.807) is 13.8 Å². The van der Waals surface area contributed by atoms with E-state index in [9.17, 15) is 19.2 Å². The lowest BCUT2D eigenvalue weighted by Gasteiger charge is -2.11. The average Bonchev–Trinajstić information content (AvgIpc) is 2.51. The smallest absolute Gasteiger partial charge is 0.268 e. The lowest BCUT2D eigenvalue weighted by molar-refractivity contribution is 0.235. The zero-order valence-electron chi connectivity index (χ0n) is 13.5. The summed E-state index contributed by atoms with van der Waals surface area (Å²) in [5, 5.41) is 2.91. The predicted octanol–water partition coefficient (Wildman–Crippen LogP) is 0.791. The van der Waals surface area contributed by atoms with Crippen molar-refractivity contribution in [2.45, 2.75) is 47.1 Å². The van der Waals surface area contributed by atoms with E-state index in [0.29, 0.717) is 16.8 Å². The van der Waals surface area contributed by atoms with Crippen molar-refractivity contribution in [2.75, 3.05) is 11.9 Å². The van der Waals surface area contributed by atoms with Crippen LogP contribution in [-0.2, 0) is 0 Å². The molecule has 0 aromatic heterocycles. The molecule has 0 fully saturated rings. The van der Waals surface area contributed by atoms with Gasteiger partial charge in [-0.05, 0) is 34.1 Å². The summed E-state index contributed by atoms with van der Waals surface area (Å²) in [6.07, 6.45) is 0.912. The van der Waals surface area contributed by atoms with E-state index in [1.165, 1.54) is 0 Å². The number of hydrogen-bond donors (Lipinski definition) is 1. The average molecular weight is 307 g/mol. The molecule has 6 heteroatoms. The van der Waals surface area contributed by atoms with Crippen LogP contribution >= 0.6 is 0 Å². The first-order valence-electron chi connectivity index (χ1n) is 7.22. The summed E-state index contributed by atoms with van der Waals surface area (Å²) in [6.45, 7) is 9.66. The number of rotatable bonds is 5. The number of nitrogens with one attached hydrogen (secondary N) is 1. The van der Waals surface area contributed by atoms with E-state index in [0.717, 1.165) is 13.0 Å². The van der Waals surface area contributed by atoms with Gasteiger partial charge in [0.2, 0.25) is 16.3 Å². The Kier molecular flexibility index (Phi) is 5.79. The fraction of sp³-hybridized carbons (Fsp3) is 0.500. The van der Waals surface area contributed by atoms with Gasteiger partial charge >= 0.3 is 0 Å². The third-order valence-corrected chi connectivity index (χ3v) is 3.15. The second-order valence-corrected chi connectivity index (χ2v) is 5.36. The van der Waals surface area contributed by atoms with E-state index < -0.39 is 10.9 Å². The minimum atomic E-state index is -0.490. The summed E-state index contributed by atoms with van der Waals surface area (Å²) in [4.78, 5) is 42.9. The van der Waals surface area contributed by atoms with E-state index in [-0.39, 0.29) is 22.7 Å². The molecular formula is C16H21NO5. The Morgan fingerprint density at radius 2 is 1.45 bits per heavy atom. The van der Waals surface area contributed by atoms with Crippen molar-refractivity contribution in [3.05, 3.63) is 52.0 Å². The first-order chi connectivity index (χ1) is 10.2. The molecule has 0 aliphatic heterocycles. The van der Waals surface area contributed by atoms with Crippen LogP contribution in [0.2, 0.25) is 0 Å². The van der Waals surface area contributed by atoms with Gasteiger partial charge in [-0.1, -0.05) is 6.92 Å². The fourth-order valence-corrected chi connectivity index (χ4v) is 1.83. The van der Waals surface area contributed by atoms with Gasteiger partial charge in [0.25, 0.3) is 5.43 Å². The molecule has 1 N–H and O–H groups in total. The zero-order chi connectivity index (χ0) is 17.0. The maximum absolute atomic E-state index is 10.8. The van der Waals surface area contributed by atoms with Crippen LogP contribution < -0.4 is 31.8 Å². The third kappa shape index (κ3) is 3.50. The Labute approximate surface area is 128 Å².